The summed E-state index contributed by atoms with van der Waals surface area (Å²) in [6, 6.07) is 0. The highest BCUT2D eigenvalue weighted by atomic mass is 16.5. The molecule has 6 heteroatoms. The molecule has 0 spiro atoms. The van der Waals surface area contributed by atoms with E-state index in [0.29, 0.717) is 16.9 Å². The van der Waals surface area contributed by atoms with Crippen LogP contribution in [-0.4, -0.2) is 25.2 Å². The number of allylic oxidation sites excluding steroid dienone is 1. The van der Waals surface area contributed by atoms with Crippen molar-refractivity contribution in [3.05, 3.63) is 46.2 Å². The number of rotatable bonds is 5. The van der Waals surface area contributed by atoms with Crippen molar-refractivity contribution in [3.8, 4) is 5.75 Å². The van der Waals surface area contributed by atoms with Crippen LogP contribution in [0.4, 0.5) is 0 Å². The van der Waals surface area contributed by atoms with Gasteiger partial charge in [0.05, 0.1) is 13.4 Å². The van der Waals surface area contributed by atoms with E-state index in [2.05, 4.69) is 0 Å². The molecule has 0 saturated heterocycles. The minimum absolute atomic E-state index is 0.0815. The number of esters is 2. The number of hydrogen-bond donors (Lipinski definition) is 0. The summed E-state index contributed by atoms with van der Waals surface area (Å²) in [7, 11) is 1.60. The Morgan fingerprint density at radius 3 is 2.62 bits per heavy atom. The highest BCUT2D eigenvalue weighted by Gasteiger charge is 2.33. The summed E-state index contributed by atoms with van der Waals surface area (Å²) in [6.45, 7) is 8.90. The summed E-state index contributed by atoms with van der Waals surface area (Å²) in [5, 5.41) is 0.857. The first-order valence-electron chi connectivity index (χ1n) is 9.56. The summed E-state index contributed by atoms with van der Waals surface area (Å²) < 4.78 is 22.5. The van der Waals surface area contributed by atoms with Crippen LogP contribution in [0.5, 0.6) is 5.75 Å². The number of carbonyl (C=O) groups excluding carboxylic acids is 2. The first kappa shape index (κ1) is 20.7. The molecule has 2 atom stereocenters. The van der Waals surface area contributed by atoms with Crippen LogP contribution < -0.4 is 4.74 Å². The Morgan fingerprint density at radius 2 is 2.00 bits per heavy atom. The van der Waals surface area contributed by atoms with Crippen molar-refractivity contribution in [2.75, 3.05) is 7.11 Å². The number of hydrogen-bond acceptors (Lipinski definition) is 6. The zero-order chi connectivity index (χ0) is 21.3. The average Bonchev–Trinajstić information content (AvgIpc) is 3.07. The van der Waals surface area contributed by atoms with Gasteiger partial charge in [-0.3, -0.25) is 4.79 Å². The number of benzene rings is 1. The molecular weight excluding hydrogens is 372 g/mol. The van der Waals surface area contributed by atoms with Gasteiger partial charge in [0.1, 0.15) is 12.7 Å². The summed E-state index contributed by atoms with van der Waals surface area (Å²) in [5.74, 6) is -0.253. The van der Waals surface area contributed by atoms with E-state index in [-0.39, 0.29) is 24.5 Å². The Bertz CT molecular complexity index is 1020. The van der Waals surface area contributed by atoms with Crippen LogP contribution in [0.15, 0.2) is 28.4 Å². The molecule has 0 saturated carbocycles. The zero-order valence-electron chi connectivity index (χ0n) is 17.6. The second-order valence-electron chi connectivity index (χ2n) is 7.23. The van der Waals surface area contributed by atoms with E-state index in [9.17, 15) is 9.59 Å². The van der Waals surface area contributed by atoms with Crippen LogP contribution in [0.1, 0.15) is 55.9 Å². The third-order valence-electron chi connectivity index (χ3n) is 5.35. The minimum Gasteiger partial charge on any atom is -0.492 e. The topological polar surface area (TPSA) is 75.0 Å². The van der Waals surface area contributed by atoms with Crippen LogP contribution in [0.25, 0.3) is 17.0 Å². The van der Waals surface area contributed by atoms with E-state index in [0.717, 1.165) is 27.6 Å². The zero-order valence-corrected chi connectivity index (χ0v) is 17.6. The van der Waals surface area contributed by atoms with Crippen molar-refractivity contribution >= 4 is 29.0 Å². The van der Waals surface area contributed by atoms with Gasteiger partial charge in [-0.15, -0.1) is 0 Å². The minimum atomic E-state index is -0.416. The van der Waals surface area contributed by atoms with Gasteiger partial charge in [0.15, 0.2) is 11.3 Å². The monoisotopic (exact) mass is 398 g/mol. The van der Waals surface area contributed by atoms with Gasteiger partial charge >= 0.3 is 11.9 Å². The SMILES string of the molecule is CC=C(C)C(=O)OCc1c2c(c(OC)c3occ(C)c13)C=C[C@H](OC(C)=O)[C@@H]2C. The maximum absolute atomic E-state index is 12.3. The lowest BCUT2D eigenvalue weighted by atomic mass is 9.81. The van der Waals surface area contributed by atoms with Crippen molar-refractivity contribution in [3.63, 3.8) is 0 Å². The molecule has 154 valence electrons. The Labute approximate surface area is 170 Å². The number of aryl methyl sites for hydroxylation is 1. The van der Waals surface area contributed by atoms with E-state index in [4.69, 9.17) is 18.6 Å². The fourth-order valence-electron chi connectivity index (χ4n) is 3.79. The summed E-state index contributed by atoms with van der Waals surface area (Å²) >= 11 is 0. The Hall–Kier alpha value is -3.02. The first-order valence-corrected chi connectivity index (χ1v) is 9.56. The Kier molecular flexibility index (Phi) is 5.82. The van der Waals surface area contributed by atoms with E-state index in [1.165, 1.54) is 6.92 Å². The van der Waals surface area contributed by atoms with E-state index in [1.54, 1.807) is 33.3 Å². The van der Waals surface area contributed by atoms with Gasteiger partial charge in [0, 0.05) is 34.9 Å². The lowest BCUT2D eigenvalue weighted by Crippen LogP contribution is -2.25. The van der Waals surface area contributed by atoms with Crippen LogP contribution in [0.2, 0.25) is 0 Å². The molecule has 1 heterocycles. The van der Waals surface area contributed by atoms with Gasteiger partial charge in [0.25, 0.3) is 0 Å². The molecule has 0 amide bonds. The number of ether oxygens (including phenoxy) is 3. The van der Waals surface area contributed by atoms with Crippen LogP contribution in [0.3, 0.4) is 0 Å². The summed E-state index contributed by atoms with van der Waals surface area (Å²) in [5.41, 5.74) is 4.69. The lowest BCUT2D eigenvalue weighted by Gasteiger charge is -2.30. The molecule has 1 aromatic carbocycles. The van der Waals surface area contributed by atoms with Crippen molar-refractivity contribution in [1.82, 2.24) is 0 Å². The van der Waals surface area contributed by atoms with E-state index < -0.39 is 6.10 Å². The fourth-order valence-corrected chi connectivity index (χ4v) is 3.79. The standard InChI is InChI=1S/C23H26O6/c1-7-12(2)23(25)28-11-17-19-13(3)10-27-22(19)21(26-6)16-8-9-18(29-15(5)24)14(4)20(16)17/h7-10,14,18H,11H2,1-6H3/t14-,18-/m0/s1. The Morgan fingerprint density at radius 1 is 1.28 bits per heavy atom. The fraction of sp³-hybridized carbons (Fsp3) is 0.391. The van der Waals surface area contributed by atoms with Crippen LogP contribution in [0, 0.1) is 6.92 Å². The molecule has 1 aliphatic rings. The molecule has 0 radical (unpaired) electrons. The van der Waals surface area contributed by atoms with Crippen LogP contribution in [-0.2, 0) is 25.7 Å². The Balaban J connectivity index is 2.20. The van der Waals surface area contributed by atoms with Gasteiger partial charge < -0.3 is 18.6 Å². The lowest BCUT2D eigenvalue weighted by molar-refractivity contribution is -0.145. The number of carbonyl (C=O) groups is 2. The predicted molar refractivity (Wildman–Crippen MR) is 110 cm³/mol. The smallest absolute Gasteiger partial charge is 0.333 e. The van der Waals surface area contributed by atoms with Crippen molar-refractivity contribution < 1.29 is 28.2 Å². The largest absolute Gasteiger partial charge is 0.492 e. The molecule has 0 fully saturated rings. The van der Waals surface area contributed by atoms with Crippen LogP contribution >= 0.6 is 0 Å². The molecule has 0 bridgehead atoms. The molecule has 6 nitrogen and oxygen atoms in total. The molecule has 1 aromatic heterocycles. The van der Waals surface area contributed by atoms with Gasteiger partial charge in [0.2, 0.25) is 0 Å². The maximum atomic E-state index is 12.3. The van der Waals surface area contributed by atoms with Gasteiger partial charge in [-0.2, -0.15) is 0 Å². The number of fused-ring (bicyclic) bond motifs is 2. The third-order valence-corrected chi connectivity index (χ3v) is 5.35. The number of methoxy groups -OCH3 is 1. The second kappa shape index (κ2) is 8.15. The van der Waals surface area contributed by atoms with E-state index in [1.807, 2.05) is 26.0 Å². The molecular formula is C23H26O6. The molecule has 0 unspecified atom stereocenters. The molecule has 2 aromatic rings. The normalized spacial score (nSPS) is 18.5. The molecule has 29 heavy (non-hydrogen) atoms. The van der Waals surface area contributed by atoms with E-state index >= 15 is 0 Å². The highest BCUT2D eigenvalue weighted by molar-refractivity contribution is 5.95. The molecule has 0 aliphatic heterocycles. The second-order valence-corrected chi connectivity index (χ2v) is 7.23. The van der Waals surface area contributed by atoms with Gasteiger partial charge in [-0.25, -0.2) is 4.79 Å². The van der Waals surface area contributed by atoms with Gasteiger partial charge in [-0.1, -0.05) is 19.1 Å². The van der Waals surface area contributed by atoms with Crippen molar-refractivity contribution in [2.24, 2.45) is 0 Å². The molecule has 0 N–H and O–H groups in total. The summed E-state index contributed by atoms with van der Waals surface area (Å²) in [4.78, 5) is 23.8. The van der Waals surface area contributed by atoms with Crippen molar-refractivity contribution in [1.29, 1.82) is 0 Å². The summed E-state index contributed by atoms with van der Waals surface area (Å²) in [6.07, 6.45) is 6.69. The number of furan rings is 1. The molecule has 1 aliphatic carbocycles. The predicted octanol–water partition coefficient (Wildman–Crippen LogP) is 4.82. The van der Waals surface area contributed by atoms with Gasteiger partial charge in [-0.05, 0) is 38.0 Å². The van der Waals surface area contributed by atoms with Crippen molar-refractivity contribution in [2.45, 2.75) is 53.2 Å². The maximum Gasteiger partial charge on any atom is 0.333 e. The highest BCUT2D eigenvalue weighted by Crippen LogP contribution is 2.46. The quantitative estimate of drug-likeness (QED) is 0.531. The average molecular weight is 398 g/mol. The molecule has 3 rings (SSSR count). The third kappa shape index (κ3) is 3.67. The first-order chi connectivity index (χ1) is 13.8.